The summed E-state index contributed by atoms with van der Waals surface area (Å²) in [6, 6.07) is 0.135. The number of allylic oxidation sites excluding steroid dienone is 2. The maximum absolute atomic E-state index is 8.63. The number of hydrogen-bond donors (Lipinski definition) is 0. The zero-order valence-corrected chi connectivity index (χ0v) is 16.7. The minimum atomic E-state index is 0.135. The highest BCUT2D eigenvalue weighted by atomic mass is 15.1. The lowest BCUT2D eigenvalue weighted by molar-refractivity contribution is 0.320. The van der Waals surface area contributed by atoms with Gasteiger partial charge in [-0.25, -0.2) is 0 Å². The number of unbranched alkanes of at least 4 members (excludes halogenated alkanes) is 9. The van der Waals surface area contributed by atoms with Gasteiger partial charge in [0.25, 0.3) is 0 Å². The van der Waals surface area contributed by atoms with E-state index in [2.05, 4.69) is 49.9 Å². The average molecular weight is 336 g/mol. The van der Waals surface area contributed by atoms with Crippen LogP contribution in [0.1, 0.15) is 105 Å². The smallest absolute Gasteiger partial charge is 0.0399 e. The molecule has 0 bridgehead atoms. The Bertz CT molecular complexity index is 345. The second-order valence-electron chi connectivity index (χ2n) is 7.34. The van der Waals surface area contributed by atoms with E-state index in [1.54, 1.807) is 0 Å². The second-order valence-corrected chi connectivity index (χ2v) is 7.34. The number of rotatable bonds is 16. The molecular weight excluding hydrogens is 294 g/mol. The van der Waals surface area contributed by atoms with E-state index in [0.717, 1.165) is 12.8 Å². The first-order valence-electron chi connectivity index (χ1n) is 10.4. The first-order chi connectivity index (χ1) is 11.7. The number of azide groups is 1. The molecule has 3 atom stereocenters. The third kappa shape index (κ3) is 12.5. The summed E-state index contributed by atoms with van der Waals surface area (Å²) < 4.78 is 0. The van der Waals surface area contributed by atoms with Gasteiger partial charge in [0.05, 0.1) is 0 Å². The van der Waals surface area contributed by atoms with Crippen molar-refractivity contribution in [3.05, 3.63) is 22.6 Å². The molecule has 0 amide bonds. The summed E-state index contributed by atoms with van der Waals surface area (Å²) in [5, 5.41) is 3.93. The number of hydrogen-bond acceptors (Lipinski definition) is 1. The molecule has 0 aromatic rings. The van der Waals surface area contributed by atoms with Gasteiger partial charge in [-0.05, 0) is 43.1 Å². The summed E-state index contributed by atoms with van der Waals surface area (Å²) in [6.07, 6.45) is 20.5. The SMILES string of the molecule is CCCCCCCCCCC/C=C/C[C@@H](C)[C@@H](C)C(CC)N=[N+]=[N-]. The molecule has 0 heterocycles. The van der Waals surface area contributed by atoms with Gasteiger partial charge in [-0.15, -0.1) is 0 Å². The van der Waals surface area contributed by atoms with Crippen LogP contribution in [0.15, 0.2) is 17.3 Å². The lowest BCUT2D eigenvalue weighted by Crippen LogP contribution is -2.21. The summed E-state index contributed by atoms with van der Waals surface area (Å²) in [5.41, 5.74) is 8.63. The van der Waals surface area contributed by atoms with E-state index in [1.165, 1.54) is 64.2 Å². The molecule has 0 aliphatic heterocycles. The van der Waals surface area contributed by atoms with Crippen molar-refractivity contribution in [1.82, 2.24) is 0 Å². The molecule has 0 N–H and O–H groups in total. The fraction of sp³-hybridized carbons (Fsp3) is 0.905. The van der Waals surface area contributed by atoms with E-state index < -0.39 is 0 Å². The molecule has 0 spiro atoms. The van der Waals surface area contributed by atoms with Gasteiger partial charge in [-0.3, -0.25) is 0 Å². The fourth-order valence-electron chi connectivity index (χ4n) is 3.22. The topological polar surface area (TPSA) is 48.8 Å². The minimum absolute atomic E-state index is 0.135. The van der Waals surface area contributed by atoms with Crippen molar-refractivity contribution in [2.24, 2.45) is 17.0 Å². The Kier molecular flexibility index (Phi) is 16.2. The Morgan fingerprint density at radius 1 is 0.875 bits per heavy atom. The van der Waals surface area contributed by atoms with Gasteiger partial charge in [0.15, 0.2) is 0 Å². The molecular formula is C21H41N3. The van der Waals surface area contributed by atoms with Crippen LogP contribution in [0.4, 0.5) is 0 Å². The molecule has 1 unspecified atom stereocenters. The van der Waals surface area contributed by atoms with E-state index in [1.807, 2.05) is 0 Å². The van der Waals surface area contributed by atoms with E-state index in [0.29, 0.717) is 11.8 Å². The van der Waals surface area contributed by atoms with Crippen molar-refractivity contribution < 1.29 is 0 Å². The van der Waals surface area contributed by atoms with E-state index in [4.69, 9.17) is 5.53 Å². The summed E-state index contributed by atoms with van der Waals surface area (Å²) in [7, 11) is 0. The van der Waals surface area contributed by atoms with Crippen LogP contribution in [0, 0.1) is 11.8 Å². The van der Waals surface area contributed by atoms with Crippen LogP contribution in [-0.4, -0.2) is 6.04 Å². The molecule has 0 aromatic heterocycles. The number of nitrogens with zero attached hydrogens (tertiary/aromatic N) is 3. The van der Waals surface area contributed by atoms with Crippen molar-refractivity contribution in [3.63, 3.8) is 0 Å². The third-order valence-electron chi connectivity index (χ3n) is 5.27. The van der Waals surface area contributed by atoms with Gasteiger partial charge in [-0.1, -0.05) is 96.3 Å². The first-order valence-corrected chi connectivity index (χ1v) is 10.4. The molecule has 3 nitrogen and oxygen atoms in total. The molecule has 3 heteroatoms. The van der Waals surface area contributed by atoms with E-state index >= 15 is 0 Å². The molecule has 140 valence electrons. The predicted molar refractivity (Wildman–Crippen MR) is 107 cm³/mol. The van der Waals surface area contributed by atoms with Gasteiger partial charge in [0.2, 0.25) is 0 Å². The Morgan fingerprint density at radius 2 is 1.46 bits per heavy atom. The summed E-state index contributed by atoms with van der Waals surface area (Å²) >= 11 is 0. The van der Waals surface area contributed by atoms with Gasteiger partial charge in [0, 0.05) is 11.0 Å². The van der Waals surface area contributed by atoms with Gasteiger partial charge < -0.3 is 0 Å². The largest absolute Gasteiger partial charge is 0.0903 e. The minimum Gasteiger partial charge on any atom is -0.0903 e. The van der Waals surface area contributed by atoms with Crippen LogP contribution >= 0.6 is 0 Å². The average Bonchev–Trinajstić information content (AvgIpc) is 2.59. The van der Waals surface area contributed by atoms with Crippen LogP contribution in [0.2, 0.25) is 0 Å². The van der Waals surface area contributed by atoms with E-state index in [-0.39, 0.29) is 6.04 Å². The molecule has 0 fully saturated rings. The van der Waals surface area contributed by atoms with Crippen LogP contribution in [0.5, 0.6) is 0 Å². The van der Waals surface area contributed by atoms with Gasteiger partial charge >= 0.3 is 0 Å². The highest BCUT2D eigenvalue weighted by molar-refractivity contribution is 4.86. The van der Waals surface area contributed by atoms with Crippen molar-refractivity contribution in [2.75, 3.05) is 0 Å². The summed E-state index contributed by atoms with van der Waals surface area (Å²) in [6.45, 7) is 8.85. The van der Waals surface area contributed by atoms with E-state index in [9.17, 15) is 0 Å². The summed E-state index contributed by atoms with van der Waals surface area (Å²) in [4.78, 5) is 2.98. The monoisotopic (exact) mass is 335 g/mol. The van der Waals surface area contributed by atoms with Crippen molar-refractivity contribution in [3.8, 4) is 0 Å². The highest BCUT2D eigenvalue weighted by Gasteiger charge is 2.19. The maximum atomic E-state index is 8.63. The molecule has 0 rings (SSSR count). The predicted octanol–water partition coefficient (Wildman–Crippen LogP) is 8.21. The second kappa shape index (κ2) is 16.9. The maximum Gasteiger partial charge on any atom is 0.0399 e. The lowest BCUT2D eigenvalue weighted by Gasteiger charge is -2.23. The van der Waals surface area contributed by atoms with Gasteiger partial charge in [-0.2, -0.15) is 0 Å². The Morgan fingerprint density at radius 3 is 2.00 bits per heavy atom. The molecule has 24 heavy (non-hydrogen) atoms. The standard InChI is InChI=1S/C21H41N3/c1-5-7-8-9-10-11-12-13-14-15-16-17-18-19(3)20(4)21(6-2)23-24-22/h16-17,19-21H,5-15,18H2,1-4H3/b17-16+/t19-,20-,21?/m1/s1. The van der Waals surface area contributed by atoms with Crippen molar-refractivity contribution in [1.29, 1.82) is 0 Å². The molecule has 0 saturated heterocycles. The molecule has 0 saturated carbocycles. The Labute approximate surface area is 150 Å². The molecule has 0 aliphatic carbocycles. The molecule has 0 aromatic carbocycles. The zero-order chi connectivity index (χ0) is 18.0. The van der Waals surface area contributed by atoms with Crippen molar-refractivity contribution in [2.45, 2.75) is 111 Å². The molecule has 0 aliphatic rings. The summed E-state index contributed by atoms with van der Waals surface area (Å²) in [5.74, 6) is 1.02. The zero-order valence-electron chi connectivity index (χ0n) is 16.7. The third-order valence-corrected chi connectivity index (χ3v) is 5.27. The fourth-order valence-corrected chi connectivity index (χ4v) is 3.22. The van der Waals surface area contributed by atoms with Crippen LogP contribution < -0.4 is 0 Å². The van der Waals surface area contributed by atoms with Gasteiger partial charge in [0.1, 0.15) is 0 Å². The van der Waals surface area contributed by atoms with Crippen molar-refractivity contribution >= 4 is 0 Å². The Balaban J connectivity index is 3.62. The molecule has 0 radical (unpaired) electrons. The van der Waals surface area contributed by atoms with Crippen LogP contribution in [-0.2, 0) is 0 Å². The highest BCUT2D eigenvalue weighted by Crippen LogP contribution is 2.23. The Hall–Kier alpha value is -0.950. The normalized spacial score (nSPS) is 15.2. The quantitative estimate of drug-likeness (QED) is 0.0896. The van der Waals surface area contributed by atoms with Crippen LogP contribution in [0.25, 0.3) is 10.4 Å². The lowest BCUT2D eigenvalue weighted by atomic mass is 9.86. The first kappa shape index (κ1) is 23.1. The van der Waals surface area contributed by atoms with Crippen LogP contribution in [0.3, 0.4) is 0 Å².